The molecule has 4 saturated carbocycles. The van der Waals surface area contributed by atoms with Crippen LogP contribution in [0.3, 0.4) is 0 Å². The number of aromatic carboxylic acids is 1. The van der Waals surface area contributed by atoms with Crippen molar-refractivity contribution in [3.05, 3.63) is 130 Å². The molecule has 460 valence electrons. The molecule has 0 radical (unpaired) electrons. The quantitative estimate of drug-likeness (QED) is 0.0413. The number of carbonyl (C=O) groups excluding carboxylic acids is 5. The first-order valence-electron chi connectivity index (χ1n) is 30.8. The first-order valence-corrected chi connectivity index (χ1v) is 32.5. The molecule has 5 amide bonds. The second-order valence-corrected chi connectivity index (χ2v) is 28.4. The summed E-state index contributed by atoms with van der Waals surface area (Å²) in [6.45, 7) is 13.4. The highest BCUT2D eigenvalue weighted by Crippen LogP contribution is 2.66. The number of nitrogens with zero attached hydrogens (tertiary/aromatic N) is 7. The highest BCUT2D eigenvalue weighted by Gasteiger charge is 2.60. The second-order valence-electron chi connectivity index (χ2n) is 26.6. The number of benzene rings is 3. The van der Waals surface area contributed by atoms with Gasteiger partial charge in [-0.05, 0) is 154 Å². The Kier molecular flexibility index (Phi) is 16.6. The van der Waals surface area contributed by atoms with Gasteiger partial charge >= 0.3 is 5.97 Å². The first-order chi connectivity index (χ1) is 42.1. The number of carboxylic acids is 1. The minimum atomic E-state index is -1.15. The van der Waals surface area contributed by atoms with Crippen molar-refractivity contribution in [2.75, 3.05) is 29.9 Å². The molecular weight excluding hydrogens is 1150 g/mol. The lowest BCUT2D eigenvalue weighted by Gasteiger charge is -2.61. The van der Waals surface area contributed by atoms with Crippen LogP contribution in [0.2, 0.25) is 0 Å². The maximum atomic E-state index is 14.5. The Hall–Kier alpha value is -7.88. The van der Waals surface area contributed by atoms with E-state index in [2.05, 4.69) is 31.2 Å². The van der Waals surface area contributed by atoms with Crippen LogP contribution in [0.25, 0.3) is 31.8 Å². The van der Waals surface area contributed by atoms with Crippen LogP contribution in [0, 0.1) is 41.9 Å². The molecule has 88 heavy (non-hydrogen) atoms. The van der Waals surface area contributed by atoms with Gasteiger partial charge in [0.2, 0.25) is 23.6 Å². The number of unbranched alkanes of at least 4 members (excludes halogenated alkanes) is 1. The largest absolute Gasteiger partial charge is 0.476 e. The average Bonchev–Trinajstić information content (AvgIpc) is 1.33. The van der Waals surface area contributed by atoms with E-state index in [1.54, 1.807) is 17.5 Å². The zero-order valence-corrected chi connectivity index (χ0v) is 52.4. The molecule has 7 aromatic rings. The number of carbonyl (C=O) groups is 6. The normalized spacial score (nSPS) is 22.7. The standard InChI is InChI=1S/C67H77N11O8S2/c1-38(43-17-19-45(20-18-43)57-39(2)69-37-87-57)71-60(82)52-27-46(79)33-77(52)61(83)58(65(4,5)6)74-55(80)16-9-10-24-68-63(86)67-30-41-26-42(31-67)29-66(28-41,35-67)36-78-40(3)49(32-70-78)47-21-22-54(73-56(47)62(84)85)76-25-23-44-12-11-13-48(50(44)34-76)59(81)75-64-72-51-14-7-8-15-53(51)88-64/h7-8,11-15,17-22,32,37-38,41-42,46,52,58,79H,9-10,16,23-31,33-36H2,1-6H3,(H,68,86)(H,71,82)(H,74,80)(H,84,85)(H,72,75,81)/t38-,41?,42?,46+,52-,58?,66?,67?/m0/s1. The molecule has 6 heterocycles. The molecule has 0 spiro atoms. The summed E-state index contributed by atoms with van der Waals surface area (Å²) in [6, 6.07) is 22.9. The van der Waals surface area contributed by atoms with Gasteiger partial charge in [-0.15, -0.1) is 11.3 Å². The van der Waals surface area contributed by atoms with E-state index in [9.17, 15) is 39.0 Å². The number of likely N-dealkylation sites (tertiary alicyclic amines) is 1. The minimum Gasteiger partial charge on any atom is -0.476 e. The van der Waals surface area contributed by atoms with Crippen LogP contribution >= 0.6 is 22.7 Å². The number of aliphatic hydroxyl groups is 1. The van der Waals surface area contributed by atoms with Crippen LogP contribution in [0.1, 0.15) is 147 Å². The van der Waals surface area contributed by atoms with E-state index in [-0.39, 0.29) is 60.2 Å². The van der Waals surface area contributed by atoms with Gasteiger partial charge in [-0.3, -0.25) is 34.0 Å². The number of amides is 5. The summed E-state index contributed by atoms with van der Waals surface area (Å²) in [5, 5.41) is 39.2. The number of pyridine rings is 1. The Balaban J connectivity index is 0.642. The van der Waals surface area contributed by atoms with Gasteiger partial charge in [0, 0.05) is 67.9 Å². The fourth-order valence-electron chi connectivity index (χ4n) is 15.2. The van der Waals surface area contributed by atoms with E-state index in [0.29, 0.717) is 84.9 Å². The third-order valence-electron chi connectivity index (χ3n) is 19.2. The number of anilines is 2. The highest BCUT2D eigenvalue weighted by atomic mass is 32.1. The number of fused-ring (bicyclic) bond motifs is 2. The van der Waals surface area contributed by atoms with Crippen molar-refractivity contribution < 1.29 is 39.0 Å². The maximum absolute atomic E-state index is 14.5. The molecule has 6 N–H and O–H groups in total. The number of aryl methyl sites for hydroxylation is 1. The van der Waals surface area contributed by atoms with E-state index < -0.39 is 40.9 Å². The molecule has 4 bridgehead atoms. The molecule has 21 heteroatoms. The molecule has 3 unspecified atom stereocenters. The monoisotopic (exact) mass is 1230 g/mol. The van der Waals surface area contributed by atoms with Gasteiger partial charge in [0.1, 0.15) is 17.9 Å². The van der Waals surface area contributed by atoms with Crippen LogP contribution < -0.4 is 26.2 Å². The van der Waals surface area contributed by atoms with E-state index in [1.807, 2.05) is 135 Å². The van der Waals surface area contributed by atoms with Crippen LogP contribution in [0.15, 0.2) is 90.6 Å². The Morgan fingerprint density at radius 2 is 1.64 bits per heavy atom. The Morgan fingerprint density at radius 1 is 0.864 bits per heavy atom. The second kappa shape index (κ2) is 24.2. The molecule has 2 aliphatic heterocycles. The van der Waals surface area contributed by atoms with Crippen molar-refractivity contribution in [3.63, 3.8) is 0 Å². The van der Waals surface area contributed by atoms with Gasteiger partial charge in [0.05, 0.1) is 50.1 Å². The van der Waals surface area contributed by atoms with Crippen LogP contribution in [0.4, 0.5) is 10.9 Å². The van der Waals surface area contributed by atoms with E-state index in [4.69, 9.17) is 10.1 Å². The van der Waals surface area contributed by atoms with Gasteiger partial charge in [0.25, 0.3) is 5.91 Å². The molecule has 6 aliphatic rings. The maximum Gasteiger partial charge on any atom is 0.355 e. The number of aromatic nitrogens is 5. The number of β-amino-alcohol motifs (C(OH)–C–C–N with tert-alkyl or cyclic N) is 1. The van der Waals surface area contributed by atoms with Crippen molar-refractivity contribution in [2.24, 2.45) is 28.1 Å². The van der Waals surface area contributed by atoms with Crippen molar-refractivity contribution in [1.29, 1.82) is 0 Å². The Bertz CT molecular complexity index is 3800. The molecule has 19 nitrogen and oxygen atoms in total. The predicted octanol–water partition coefficient (Wildman–Crippen LogP) is 10.1. The lowest BCUT2D eigenvalue weighted by Crippen LogP contribution is -2.58. The Morgan fingerprint density at radius 3 is 2.36 bits per heavy atom. The number of para-hydroxylation sites is 1. The summed E-state index contributed by atoms with van der Waals surface area (Å²) in [4.78, 5) is 101. The number of carboxylic acid groups (broad SMARTS) is 1. The summed E-state index contributed by atoms with van der Waals surface area (Å²) in [7, 11) is 0. The van der Waals surface area contributed by atoms with Crippen molar-refractivity contribution in [3.8, 4) is 21.6 Å². The summed E-state index contributed by atoms with van der Waals surface area (Å²) >= 11 is 2.99. The first kappa shape index (κ1) is 60.4. The van der Waals surface area contributed by atoms with Gasteiger partial charge in [0.15, 0.2) is 10.8 Å². The summed E-state index contributed by atoms with van der Waals surface area (Å²) in [6.07, 6.45) is 8.27. The molecule has 5 fully saturated rings. The topological polar surface area (TPSA) is 254 Å². The number of rotatable bonds is 19. The molecule has 13 rings (SSSR count). The van der Waals surface area contributed by atoms with Crippen LogP contribution in [0.5, 0.6) is 0 Å². The molecule has 1 saturated heterocycles. The zero-order chi connectivity index (χ0) is 61.8. The third-order valence-corrected chi connectivity index (χ3v) is 21.1. The summed E-state index contributed by atoms with van der Waals surface area (Å²) in [5.41, 5.74) is 8.52. The zero-order valence-electron chi connectivity index (χ0n) is 50.7. The molecule has 4 aromatic heterocycles. The van der Waals surface area contributed by atoms with Gasteiger partial charge in [-0.25, -0.2) is 19.7 Å². The lowest BCUT2D eigenvalue weighted by atomic mass is 9.44. The number of hydrogen-bond acceptors (Lipinski definition) is 14. The average molecular weight is 1230 g/mol. The number of nitrogens with one attached hydrogen (secondary N) is 4. The van der Waals surface area contributed by atoms with Gasteiger partial charge in [-0.1, -0.05) is 80.6 Å². The Labute approximate surface area is 520 Å². The number of hydrogen-bond donors (Lipinski definition) is 6. The summed E-state index contributed by atoms with van der Waals surface area (Å²) in [5.74, 6) is -1.12. The minimum absolute atomic E-state index is 0.0231. The van der Waals surface area contributed by atoms with Gasteiger partial charge in [-0.2, -0.15) is 5.10 Å². The van der Waals surface area contributed by atoms with Crippen LogP contribution in [-0.2, 0) is 38.7 Å². The molecular formula is C67H77N11O8S2. The predicted molar refractivity (Wildman–Crippen MR) is 339 cm³/mol. The lowest BCUT2D eigenvalue weighted by molar-refractivity contribution is -0.159. The van der Waals surface area contributed by atoms with Gasteiger partial charge < -0.3 is 36.0 Å². The number of aliphatic hydroxyl groups excluding tert-OH is 1. The highest BCUT2D eigenvalue weighted by molar-refractivity contribution is 7.22. The van der Waals surface area contributed by atoms with Crippen molar-refractivity contribution >= 4 is 79.3 Å². The van der Waals surface area contributed by atoms with Crippen LogP contribution in [-0.4, -0.2) is 113 Å². The van der Waals surface area contributed by atoms with E-state index in [0.717, 1.165) is 87.3 Å². The summed E-state index contributed by atoms with van der Waals surface area (Å²) < 4.78 is 2.98. The van der Waals surface area contributed by atoms with Crippen molar-refractivity contribution in [1.82, 2.24) is 45.6 Å². The third kappa shape index (κ3) is 12.2. The molecule has 6 atom stereocenters. The van der Waals surface area contributed by atoms with E-state index in [1.165, 1.54) is 16.2 Å². The fourth-order valence-corrected chi connectivity index (χ4v) is 16.9. The smallest absolute Gasteiger partial charge is 0.355 e. The SMILES string of the molecule is Cc1ncsc1-c1ccc([C@H](C)NC(=O)[C@@H]2C[C@@H](O)CN2C(=O)C(NC(=O)CCCCNC(=O)C23CC4CC(CC(Cn5ncc(-c6ccc(N7CCc8cccc(C(=O)Nc9nc%10ccccc%10s9)c8C7)nc6C(=O)O)c5C)(C4)C2)C3)C(C)(C)C)cc1. The van der Waals surface area contributed by atoms with Crippen molar-refractivity contribution in [2.45, 2.75) is 149 Å². The molecule has 4 aliphatic carbocycles. The van der Waals surface area contributed by atoms with E-state index >= 15 is 0 Å². The number of thiazole rings is 2. The molecule has 3 aromatic carbocycles. The fraction of sp³-hybridized carbons (Fsp3) is 0.463.